The molecule has 1 fully saturated rings. The summed E-state index contributed by atoms with van der Waals surface area (Å²) < 4.78 is 10.8. The van der Waals surface area contributed by atoms with E-state index in [9.17, 15) is 10.1 Å². The van der Waals surface area contributed by atoms with Crippen molar-refractivity contribution < 1.29 is 14.3 Å². The van der Waals surface area contributed by atoms with E-state index >= 15 is 0 Å². The lowest BCUT2D eigenvalue weighted by Crippen LogP contribution is -2.31. The van der Waals surface area contributed by atoms with Gasteiger partial charge >= 0.3 is 5.97 Å². The Kier molecular flexibility index (Phi) is 11.6. The molecule has 0 radical (unpaired) electrons. The number of esters is 1. The zero-order valence-electron chi connectivity index (χ0n) is 20.5. The van der Waals surface area contributed by atoms with E-state index in [4.69, 9.17) is 9.47 Å². The third-order valence-electron chi connectivity index (χ3n) is 7.04. The topological polar surface area (TPSA) is 59.3 Å². The molecule has 4 heteroatoms. The zero-order chi connectivity index (χ0) is 23.2. The maximum Gasteiger partial charge on any atom is 0.325 e. The van der Waals surface area contributed by atoms with Gasteiger partial charge in [-0.05, 0) is 75.0 Å². The minimum atomic E-state index is -1.03. The lowest BCUT2D eigenvalue weighted by atomic mass is 9.72. The van der Waals surface area contributed by atoms with Crippen LogP contribution in [0.2, 0.25) is 0 Å². The monoisotopic (exact) mass is 441 g/mol. The average molecular weight is 442 g/mol. The molecular weight excluding hydrogens is 398 g/mol. The highest BCUT2D eigenvalue weighted by molar-refractivity contribution is 5.79. The van der Waals surface area contributed by atoms with Crippen molar-refractivity contribution >= 4 is 5.97 Å². The molecule has 1 saturated carbocycles. The normalized spacial score (nSPS) is 20.2. The van der Waals surface area contributed by atoms with Gasteiger partial charge in [0.15, 0.2) is 5.41 Å². The summed E-state index contributed by atoms with van der Waals surface area (Å²) in [5.41, 5.74) is 0.346. The Morgan fingerprint density at radius 2 is 1.59 bits per heavy atom. The van der Waals surface area contributed by atoms with Crippen LogP contribution < -0.4 is 4.74 Å². The van der Waals surface area contributed by atoms with Crippen LogP contribution in [-0.2, 0) is 9.53 Å². The van der Waals surface area contributed by atoms with Crippen LogP contribution in [0.4, 0.5) is 0 Å². The van der Waals surface area contributed by atoms with E-state index in [2.05, 4.69) is 37.3 Å². The molecule has 0 bridgehead atoms. The van der Waals surface area contributed by atoms with Gasteiger partial charge in [-0.3, -0.25) is 4.79 Å². The standard InChI is InChI=1S/C28H43NO3/c1-4-5-6-7-8-9-10-11-20-32-26-18-16-25(17-19-26)24-14-12-23(13-15-24)21-28(2,22-29)27(30)31-3/h16-19,23-24H,4-15,20-21H2,1-3H3. The van der Waals surface area contributed by atoms with Gasteiger partial charge in [0.25, 0.3) is 0 Å². The molecule has 178 valence electrons. The van der Waals surface area contributed by atoms with Gasteiger partial charge in [0.1, 0.15) is 5.75 Å². The fourth-order valence-electron chi connectivity index (χ4n) is 4.94. The smallest absolute Gasteiger partial charge is 0.325 e. The first kappa shape index (κ1) is 26.2. The summed E-state index contributed by atoms with van der Waals surface area (Å²) in [6, 6.07) is 10.8. The molecule has 0 N–H and O–H groups in total. The maximum atomic E-state index is 12.0. The molecule has 1 unspecified atom stereocenters. The van der Waals surface area contributed by atoms with Crippen LogP contribution in [0.15, 0.2) is 24.3 Å². The molecule has 4 nitrogen and oxygen atoms in total. The first-order valence-corrected chi connectivity index (χ1v) is 12.7. The molecule has 1 atom stereocenters. The van der Waals surface area contributed by atoms with Gasteiger partial charge in [-0.1, -0.05) is 64.0 Å². The Labute approximate surface area is 195 Å². The Balaban J connectivity index is 1.66. The van der Waals surface area contributed by atoms with Gasteiger partial charge in [0.2, 0.25) is 0 Å². The number of hydrogen-bond donors (Lipinski definition) is 0. The number of unbranched alkanes of at least 4 members (excludes halogenated alkanes) is 7. The Morgan fingerprint density at radius 3 is 2.16 bits per heavy atom. The number of carbonyl (C=O) groups is 1. The summed E-state index contributed by atoms with van der Waals surface area (Å²) in [5.74, 6) is 1.52. The van der Waals surface area contributed by atoms with Crippen molar-refractivity contribution in [3.05, 3.63) is 29.8 Å². The molecule has 1 aliphatic carbocycles. The summed E-state index contributed by atoms with van der Waals surface area (Å²) in [6.45, 7) is 4.77. The molecular formula is C28H43NO3. The lowest BCUT2D eigenvalue weighted by molar-refractivity contribution is -0.149. The maximum absolute atomic E-state index is 12.0. The van der Waals surface area contributed by atoms with E-state index in [0.29, 0.717) is 18.3 Å². The number of ether oxygens (including phenoxy) is 2. The second-order valence-electron chi connectivity index (χ2n) is 9.75. The van der Waals surface area contributed by atoms with Crippen LogP contribution >= 0.6 is 0 Å². The molecule has 2 rings (SSSR count). The Bertz CT molecular complexity index is 700. The van der Waals surface area contributed by atoms with Crippen LogP contribution in [-0.4, -0.2) is 19.7 Å². The highest BCUT2D eigenvalue weighted by Crippen LogP contribution is 2.41. The van der Waals surface area contributed by atoms with Crippen LogP contribution in [0.1, 0.15) is 109 Å². The van der Waals surface area contributed by atoms with Crippen molar-refractivity contribution in [1.82, 2.24) is 0 Å². The van der Waals surface area contributed by atoms with Crippen molar-refractivity contribution in [3.8, 4) is 11.8 Å². The van der Waals surface area contributed by atoms with Gasteiger partial charge in [-0.2, -0.15) is 5.26 Å². The Morgan fingerprint density at radius 1 is 1.00 bits per heavy atom. The number of benzene rings is 1. The quantitative estimate of drug-likeness (QED) is 0.221. The van der Waals surface area contributed by atoms with Crippen LogP contribution in [0.5, 0.6) is 5.75 Å². The van der Waals surface area contributed by atoms with Crippen LogP contribution in [0.3, 0.4) is 0 Å². The Hall–Kier alpha value is -2.02. The minimum Gasteiger partial charge on any atom is -0.494 e. The number of methoxy groups -OCH3 is 1. The number of rotatable bonds is 14. The fourth-order valence-corrected chi connectivity index (χ4v) is 4.94. The predicted octanol–water partition coefficient (Wildman–Crippen LogP) is 7.57. The molecule has 0 saturated heterocycles. The summed E-state index contributed by atoms with van der Waals surface area (Å²) in [6.07, 6.45) is 15.4. The van der Waals surface area contributed by atoms with Crippen molar-refractivity contribution in [2.45, 2.75) is 103 Å². The number of nitriles is 1. The van der Waals surface area contributed by atoms with Crippen molar-refractivity contribution in [3.63, 3.8) is 0 Å². The first-order valence-electron chi connectivity index (χ1n) is 12.7. The van der Waals surface area contributed by atoms with Crippen LogP contribution in [0, 0.1) is 22.7 Å². The average Bonchev–Trinajstić information content (AvgIpc) is 2.83. The molecule has 1 aromatic rings. The summed E-state index contributed by atoms with van der Waals surface area (Å²) in [7, 11) is 1.36. The summed E-state index contributed by atoms with van der Waals surface area (Å²) in [4.78, 5) is 12.0. The molecule has 0 amide bonds. The van der Waals surface area contributed by atoms with Crippen molar-refractivity contribution in [1.29, 1.82) is 5.26 Å². The van der Waals surface area contributed by atoms with Crippen molar-refractivity contribution in [2.24, 2.45) is 11.3 Å². The highest BCUT2D eigenvalue weighted by atomic mass is 16.5. The second kappa shape index (κ2) is 14.2. The molecule has 0 aliphatic heterocycles. The van der Waals surface area contributed by atoms with Gasteiger partial charge in [-0.15, -0.1) is 0 Å². The molecule has 1 aliphatic rings. The fraction of sp³-hybridized carbons (Fsp3) is 0.714. The number of nitrogens with zero attached hydrogens (tertiary/aromatic N) is 1. The minimum absolute atomic E-state index is 0.407. The second-order valence-corrected chi connectivity index (χ2v) is 9.75. The number of carbonyl (C=O) groups excluding carboxylic acids is 1. The summed E-state index contributed by atoms with van der Waals surface area (Å²) in [5, 5.41) is 9.45. The highest BCUT2D eigenvalue weighted by Gasteiger charge is 2.38. The third kappa shape index (κ3) is 8.49. The summed E-state index contributed by atoms with van der Waals surface area (Å²) >= 11 is 0. The zero-order valence-corrected chi connectivity index (χ0v) is 20.5. The van der Waals surface area contributed by atoms with E-state index < -0.39 is 11.4 Å². The van der Waals surface area contributed by atoms with E-state index in [-0.39, 0.29) is 0 Å². The molecule has 0 spiro atoms. The van der Waals surface area contributed by atoms with Gasteiger partial charge < -0.3 is 9.47 Å². The van der Waals surface area contributed by atoms with E-state index in [1.165, 1.54) is 57.6 Å². The van der Waals surface area contributed by atoms with Gasteiger partial charge in [-0.25, -0.2) is 0 Å². The first-order chi connectivity index (χ1) is 15.5. The SMILES string of the molecule is CCCCCCCCCCOc1ccc(C2CCC(CC(C)(C#N)C(=O)OC)CC2)cc1. The molecule has 0 heterocycles. The van der Waals surface area contributed by atoms with Gasteiger partial charge in [0.05, 0.1) is 19.8 Å². The van der Waals surface area contributed by atoms with E-state index in [1.54, 1.807) is 6.92 Å². The third-order valence-corrected chi connectivity index (χ3v) is 7.04. The molecule has 1 aromatic carbocycles. The van der Waals surface area contributed by atoms with Crippen LogP contribution in [0.25, 0.3) is 0 Å². The molecule has 0 aromatic heterocycles. The van der Waals surface area contributed by atoms with E-state index in [1.807, 2.05) is 0 Å². The largest absolute Gasteiger partial charge is 0.494 e. The lowest BCUT2D eigenvalue weighted by Gasteiger charge is -2.32. The van der Waals surface area contributed by atoms with E-state index in [0.717, 1.165) is 44.5 Å². The van der Waals surface area contributed by atoms with Crippen molar-refractivity contribution in [2.75, 3.05) is 13.7 Å². The predicted molar refractivity (Wildman–Crippen MR) is 130 cm³/mol. The number of hydrogen-bond acceptors (Lipinski definition) is 4. The molecule has 32 heavy (non-hydrogen) atoms. The van der Waals surface area contributed by atoms with Gasteiger partial charge in [0, 0.05) is 0 Å².